The summed E-state index contributed by atoms with van der Waals surface area (Å²) in [7, 11) is 0. The molecule has 0 bridgehead atoms. The minimum absolute atomic E-state index is 0.0309. The molecule has 0 aromatic carbocycles. The number of carboxylic acid groups (broad SMARTS) is 1. The molecule has 2 aliphatic rings. The molecule has 2 aliphatic heterocycles. The number of ether oxygens (including phenoxy) is 2. The van der Waals surface area contributed by atoms with Gasteiger partial charge in [-0.3, -0.25) is 9.59 Å². The second-order valence-electron chi connectivity index (χ2n) is 5.62. The molecule has 0 radical (unpaired) electrons. The normalized spacial score (nSPS) is 31.1. The van der Waals surface area contributed by atoms with Crippen molar-refractivity contribution in [2.45, 2.75) is 31.9 Å². The molecule has 0 aromatic heterocycles. The average molecular weight is 286 g/mol. The van der Waals surface area contributed by atoms with Gasteiger partial charge in [0, 0.05) is 0 Å². The van der Waals surface area contributed by atoms with E-state index in [9.17, 15) is 14.7 Å². The second kappa shape index (κ2) is 6.51. The first-order valence-corrected chi connectivity index (χ1v) is 6.95. The summed E-state index contributed by atoms with van der Waals surface area (Å²) < 4.78 is 10.7. The van der Waals surface area contributed by atoms with E-state index < -0.39 is 17.4 Å². The van der Waals surface area contributed by atoms with Crippen molar-refractivity contribution in [3.8, 4) is 0 Å². The van der Waals surface area contributed by atoms with Crippen LogP contribution in [0.1, 0.15) is 19.8 Å². The average Bonchev–Trinajstić information content (AvgIpc) is 2.80. The third kappa shape index (κ3) is 3.47. The van der Waals surface area contributed by atoms with Crippen LogP contribution in [-0.4, -0.2) is 62.0 Å². The summed E-state index contributed by atoms with van der Waals surface area (Å²) in [5.74, 6) is -1.24. The lowest BCUT2D eigenvalue weighted by molar-refractivity contribution is -0.149. The smallest absolute Gasteiger partial charge is 0.313 e. The van der Waals surface area contributed by atoms with Crippen molar-refractivity contribution in [3.63, 3.8) is 0 Å². The van der Waals surface area contributed by atoms with Crippen LogP contribution in [0.2, 0.25) is 0 Å². The number of carbonyl (C=O) groups excluding carboxylic acids is 1. The van der Waals surface area contributed by atoms with E-state index in [0.717, 1.165) is 25.9 Å². The molecule has 1 amide bonds. The number of rotatable bonds is 5. The maximum absolute atomic E-state index is 11.9. The molecule has 2 heterocycles. The Kier molecular flexibility index (Phi) is 4.95. The van der Waals surface area contributed by atoms with Crippen molar-refractivity contribution in [2.24, 2.45) is 5.41 Å². The lowest BCUT2D eigenvalue weighted by atomic mass is 9.85. The fourth-order valence-corrected chi connectivity index (χ4v) is 2.48. The minimum atomic E-state index is -1.07. The number of nitrogens with one attached hydrogen (secondary N) is 2. The van der Waals surface area contributed by atoms with Gasteiger partial charge in [0.15, 0.2) is 0 Å². The molecule has 2 rings (SSSR count). The number of carbonyl (C=O) groups is 2. The Morgan fingerprint density at radius 1 is 1.45 bits per heavy atom. The molecule has 7 heteroatoms. The number of amides is 1. The van der Waals surface area contributed by atoms with Gasteiger partial charge in [0.1, 0.15) is 12.0 Å². The van der Waals surface area contributed by atoms with E-state index in [-0.39, 0.29) is 31.8 Å². The topological polar surface area (TPSA) is 96.9 Å². The Hall–Kier alpha value is -1.18. The van der Waals surface area contributed by atoms with Crippen molar-refractivity contribution in [3.05, 3.63) is 0 Å². The molecule has 20 heavy (non-hydrogen) atoms. The highest BCUT2D eigenvalue weighted by Gasteiger charge is 2.47. The first kappa shape index (κ1) is 15.2. The molecule has 2 saturated heterocycles. The minimum Gasteiger partial charge on any atom is -0.481 e. The number of hydrogen-bond donors (Lipinski definition) is 3. The van der Waals surface area contributed by atoms with Crippen LogP contribution in [0.25, 0.3) is 0 Å². The van der Waals surface area contributed by atoms with E-state index >= 15 is 0 Å². The molecule has 2 fully saturated rings. The summed E-state index contributed by atoms with van der Waals surface area (Å²) >= 11 is 0. The fraction of sp³-hybridized carbons (Fsp3) is 0.846. The number of hydrogen-bond acceptors (Lipinski definition) is 5. The van der Waals surface area contributed by atoms with Crippen molar-refractivity contribution in [1.29, 1.82) is 0 Å². The van der Waals surface area contributed by atoms with E-state index in [2.05, 4.69) is 10.6 Å². The van der Waals surface area contributed by atoms with Gasteiger partial charge in [0.2, 0.25) is 5.91 Å². The third-order valence-electron chi connectivity index (χ3n) is 4.02. The van der Waals surface area contributed by atoms with Crippen LogP contribution < -0.4 is 10.6 Å². The summed E-state index contributed by atoms with van der Waals surface area (Å²) in [6, 6.07) is -0.510. The Bertz CT molecular complexity index is 370. The molecule has 2 atom stereocenters. The zero-order valence-electron chi connectivity index (χ0n) is 11.7. The Morgan fingerprint density at radius 2 is 2.15 bits per heavy atom. The lowest BCUT2D eigenvalue weighted by Crippen LogP contribution is -2.50. The largest absolute Gasteiger partial charge is 0.481 e. The first-order valence-electron chi connectivity index (χ1n) is 6.95. The third-order valence-corrected chi connectivity index (χ3v) is 4.02. The van der Waals surface area contributed by atoms with Gasteiger partial charge in [0.25, 0.3) is 0 Å². The Morgan fingerprint density at radius 3 is 2.80 bits per heavy atom. The quantitative estimate of drug-likeness (QED) is 0.622. The SMILES string of the molecule is CC1(C(=O)O)COCC1NC(=O)COC1CCNCC1. The van der Waals surface area contributed by atoms with Crippen LogP contribution >= 0.6 is 0 Å². The van der Waals surface area contributed by atoms with Crippen LogP contribution in [0.3, 0.4) is 0 Å². The number of piperidine rings is 1. The van der Waals surface area contributed by atoms with Gasteiger partial charge in [-0.15, -0.1) is 0 Å². The predicted octanol–water partition coefficient (Wildman–Crippen LogP) is -0.639. The van der Waals surface area contributed by atoms with Crippen LogP contribution in [0, 0.1) is 5.41 Å². The maximum atomic E-state index is 11.9. The standard InChI is InChI=1S/C13H22N2O5/c1-13(12(17)18)8-19-6-10(13)15-11(16)7-20-9-2-4-14-5-3-9/h9-10,14H,2-8H2,1H3,(H,15,16)(H,17,18). The molecular formula is C13H22N2O5. The number of carboxylic acids is 1. The van der Waals surface area contributed by atoms with Crippen LogP contribution in [0.4, 0.5) is 0 Å². The second-order valence-corrected chi connectivity index (χ2v) is 5.62. The van der Waals surface area contributed by atoms with E-state index in [4.69, 9.17) is 9.47 Å². The summed E-state index contributed by atoms with van der Waals surface area (Å²) in [6.07, 6.45) is 1.90. The molecular weight excluding hydrogens is 264 g/mol. The molecule has 0 aliphatic carbocycles. The highest BCUT2D eigenvalue weighted by atomic mass is 16.5. The molecule has 114 valence electrons. The Labute approximate surface area is 118 Å². The maximum Gasteiger partial charge on any atom is 0.313 e. The highest BCUT2D eigenvalue weighted by Crippen LogP contribution is 2.28. The number of aliphatic carboxylic acids is 1. The van der Waals surface area contributed by atoms with Gasteiger partial charge >= 0.3 is 5.97 Å². The van der Waals surface area contributed by atoms with Gasteiger partial charge in [-0.2, -0.15) is 0 Å². The molecule has 0 saturated carbocycles. The van der Waals surface area contributed by atoms with Crippen molar-refractivity contribution in [2.75, 3.05) is 32.9 Å². The van der Waals surface area contributed by atoms with Gasteiger partial charge < -0.3 is 25.2 Å². The predicted molar refractivity (Wildman–Crippen MR) is 70.3 cm³/mol. The van der Waals surface area contributed by atoms with Crippen molar-refractivity contribution < 1.29 is 24.2 Å². The van der Waals surface area contributed by atoms with Crippen LogP contribution in [0.15, 0.2) is 0 Å². The summed E-state index contributed by atoms with van der Waals surface area (Å²) in [5, 5.41) is 15.1. The lowest BCUT2D eigenvalue weighted by Gasteiger charge is -2.26. The van der Waals surface area contributed by atoms with Gasteiger partial charge in [0.05, 0.1) is 25.4 Å². The molecule has 7 nitrogen and oxygen atoms in total. The van der Waals surface area contributed by atoms with E-state index in [0.29, 0.717) is 0 Å². The van der Waals surface area contributed by atoms with E-state index in [1.165, 1.54) is 0 Å². The van der Waals surface area contributed by atoms with Crippen molar-refractivity contribution >= 4 is 11.9 Å². The van der Waals surface area contributed by atoms with E-state index in [1.54, 1.807) is 6.92 Å². The van der Waals surface area contributed by atoms with Gasteiger partial charge in [-0.25, -0.2) is 0 Å². The van der Waals surface area contributed by atoms with Gasteiger partial charge in [-0.1, -0.05) is 0 Å². The summed E-state index contributed by atoms with van der Waals surface area (Å²) in [4.78, 5) is 23.1. The zero-order valence-corrected chi connectivity index (χ0v) is 11.7. The Balaban J connectivity index is 1.77. The van der Waals surface area contributed by atoms with Crippen molar-refractivity contribution in [1.82, 2.24) is 10.6 Å². The summed E-state index contributed by atoms with van der Waals surface area (Å²) in [5.41, 5.74) is -1.07. The molecule has 0 aromatic rings. The molecule has 0 spiro atoms. The monoisotopic (exact) mass is 286 g/mol. The first-order chi connectivity index (χ1) is 9.52. The van der Waals surface area contributed by atoms with Gasteiger partial charge in [-0.05, 0) is 32.9 Å². The fourth-order valence-electron chi connectivity index (χ4n) is 2.48. The summed E-state index contributed by atoms with van der Waals surface area (Å²) in [6.45, 7) is 3.70. The molecule has 3 N–H and O–H groups in total. The van der Waals surface area contributed by atoms with E-state index in [1.807, 2.05) is 0 Å². The molecule has 2 unspecified atom stereocenters. The van der Waals surface area contributed by atoms with Crippen LogP contribution in [0.5, 0.6) is 0 Å². The zero-order chi connectivity index (χ0) is 14.6. The van der Waals surface area contributed by atoms with Crippen LogP contribution in [-0.2, 0) is 19.1 Å². The highest BCUT2D eigenvalue weighted by molar-refractivity contribution is 5.81.